The van der Waals surface area contributed by atoms with E-state index in [4.69, 9.17) is 0 Å². The smallest absolute Gasteiger partial charge is 0.211 e. The molecule has 0 bridgehead atoms. The average Bonchev–Trinajstić information content (AvgIpc) is 2.56. The van der Waals surface area contributed by atoms with Gasteiger partial charge in [0, 0.05) is 11.1 Å². The molecule has 0 atom stereocenters. The van der Waals surface area contributed by atoms with E-state index < -0.39 is 0 Å². The fraction of sp³-hybridized carbons (Fsp3) is 0.0526. The number of aryl methyl sites for hydroxylation is 1. The third kappa shape index (κ3) is 2.90. The normalized spacial score (nSPS) is 10.3. The number of hydrogen-bond donors (Lipinski definition) is 0. The van der Waals surface area contributed by atoms with Crippen LogP contribution in [0.2, 0.25) is 0 Å². The van der Waals surface area contributed by atoms with E-state index >= 15 is 0 Å². The molecule has 0 aliphatic carbocycles. The molecule has 0 saturated carbocycles. The first-order valence-electron chi connectivity index (χ1n) is 6.88. The Balaban J connectivity index is 1.96. The molecule has 0 fully saturated rings. The molecule has 1 heterocycles. The van der Waals surface area contributed by atoms with Crippen molar-refractivity contribution in [3.8, 4) is 11.3 Å². The number of hydrogen-bond acceptors (Lipinski definition) is 2. The van der Waals surface area contributed by atoms with E-state index in [1.807, 2.05) is 73.7 Å². The van der Waals surface area contributed by atoms with Crippen LogP contribution in [0.3, 0.4) is 0 Å². The minimum absolute atomic E-state index is 0.0484. The van der Waals surface area contributed by atoms with Crippen molar-refractivity contribution in [2.45, 2.75) is 6.92 Å². The Morgan fingerprint density at radius 3 is 2.24 bits per heavy atom. The Hall–Kier alpha value is -2.74. The molecule has 0 unspecified atom stereocenters. The standard InChI is InChI=1S/C19H15NO/c1-14-10-12-16(13-11-14)19(21)18-9-5-8-17(20-18)15-6-3-2-4-7-15/h2-13H,1H3. The minimum Gasteiger partial charge on any atom is -0.287 e. The van der Waals surface area contributed by atoms with Gasteiger partial charge in [0.2, 0.25) is 5.78 Å². The zero-order chi connectivity index (χ0) is 14.7. The molecule has 0 aliphatic heterocycles. The van der Waals surface area contributed by atoms with E-state index in [0.29, 0.717) is 11.3 Å². The zero-order valence-electron chi connectivity index (χ0n) is 11.8. The van der Waals surface area contributed by atoms with Crippen molar-refractivity contribution in [2.75, 3.05) is 0 Å². The fourth-order valence-electron chi connectivity index (χ4n) is 2.18. The van der Waals surface area contributed by atoms with Gasteiger partial charge in [-0.1, -0.05) is 66.2 Å². The molecule has 102 valence electrons. The van der Waals surface area contributed by atoms with Crippen LogP contribution in [-0.2, 0) is 0 Å². The van der Waals surface area contributed by atoms with Crippen LogP contribution in [0.1, 0.15) is 21.6 Å². The molecule has 2 nitrogen and oxygen atoms in total. The molecule has 3 rings (SSSR count). The molecule has 1 aromatic heterocycles. The topological polar surface area (TPSA) is 30.0 Å². The van der Waals surface area contributed by atoms with Crippen molar-refractivity contribution in [3.05, 3.63) is 89.6 Å². The van der Waals surface area contributed by atoms with Crippen LogP contribution < -0.4 is 0 Å². The lowest BCUT2D eigenvalue weighted by Crippen LogP contribution is -2.04. The maximum atomic E-state index is 12.5. The highest BCUT2D eigenvalue weighted by atomic mass is 16.1. The molecule has 2 aromatic carbocycles. The lowest BCUT2D eigenvalue weighted by molar-refractivity contribution is 0.103. The first-order valence-corrected chi connectivity index (χ1v) is 6.88. The molecule has 3 aromatic rings. The Morgan fingerprint density at radius 1 is 0.810 bits per heavy atom. The zero-order valence-corrected chi connectivity index (χ0v) is 11.8. The van der Waals surface area contributed by atoms with Gasteiger partial charge in [0.25, 0.3) is 0 Å². The number of benzene rings is 2. The first-order chi connectivity index (χ1) is 10.2. The maximum Gasteiger partial charge on any atom is 0.211 e. The van der Waals surface area contributed by atoms with Gasteiger partial charge in [-0.2, -0.15) is 0 Å². The third-order valence-corrected chi connectivity index (χ3v) is 3.37. The van der Waals surface area contributed by atoms with Gasteiger partial charge < -0.3 is 0 Å². The molecule has 21 heavy (non-hydrogen) atoms. The van der Waals surface area contributed by atoms with Crippen LogP contribution in [0.5, 0.6) is 0 Å². The molecular formula is C19H15NO. The lowest BCUT2D eigenvalue weighted by Gasteiger charge is -2.05. The highest BCUT2D eigenvalue weighted by Crippen LogP contribution is 2.18. The Bertz CT molecular complexity index is 761. The number of nitrogens with zero attached hydrogens (tertiary/aromatic N) is 1. The summed E-state index contributed by atoms with van der Waals surface area (Å²) in [7, 11) is 0. The Kier molecular flexibility index (Phi) is 3.61. The summed E-state index contributed by atoms with van der Waals surface area (Å²) < 4.78 is 0. The Labute approximate surface area is 124 Å². The predicted molar refractivity (Wildman–Crippen MR) is 84.3 cm³/mol. The third-order valence-electron chi connectivity index (χ3n) is 3.37. The summed E-state index contributed by atoms with van der Waals surface area (Å²) >= 11 is 0. The monoisotopic (exact) mass is 273 g/mol. The van der Waals surface area contributed by atoms with Crippen molar-refractivity contribution >= 4 is 5.78 Å². The summed E-state index contributed by atoms with van der Waals surface area (Å²) in [6.07, 6.45) is 0. The fourth-order valence-corrected chi connectivity index (χ4v) is 2.18. The maximum absolute atomic E-state index is 12.5. The molecule has 0 saturated heterocycles. The average molecular weight is 273 g/mol. The number of pyridine rings is 1. The highest BCUT2D eigenvalue weighted by Gasteiger charge is 2.11. The number of rotatable bonds is 3. The summed E-state index contributed by atoms with van der Waals surface area (Å²) in [4.78, 5) is 17.0. The van der Waals surface area contributed by atoms with E-state index in [-0.39, 0.29) is 5.78 Å². The van der Waals surface area contributed by atoms with E-state index in [2.05, 4.69) is 4.98 Å². The summed E-state index contributed by atoms with van der Waals surface area (Å²) in [6, 6.07) is 23.0. The van der Waals surface area contributed by atoms with Gasteiger partial charge in [0.05, 0.1) is 5.69 Å². The molecule has 0 radical (unpaired) electrons. The van der Waals surface area contributed by atoms with E-state index in [1.165, 1.54) is 0 Å². The molecule has 0 amide bonds. The van der Waals surface area contributed by atoms with Gasteiger partial charge in [-0.3, -0.25) is 4.79 Å². The van der Waals surface area contributed by atoms with Gasteiger partial charge in [-0.25, -0.2) is 4.98 Å². The van der Waals surface area contributed by atoms with E-state index in [0.717, 1.165) is 16.8 Å². The van der Waals surface area contributed by atoms with Gasteiger partial charge in [0.1, 0.15) is 5.69 Å². The largest absolute Gasteiger partial charge is 0.287 e. The SMILES string of the molecule is Cc1ccc(C(=O)c2cccc(-c3ccccc3)n2)cc1. The van der Waals surface area contributed by atoms with Crippen molar-refractivity contribution in [2.24, 2.45) is 0 Å². The van der Waals surface area contributed by atoms with Crippen LogP contribution >= 0.6 is 0 Å². The highest BCUT2D eigenvalue weighted by molar-refractivity contribution is 6.07. The quantitative estimate of drug-likeness (QED) is 0.666. The molecule has 0 aliphatic rings. The number of aromatic nitrogens is 1. The number of ketones is 1. The van der Waals surface area contributed by atoms with Crippen LogP contribution in [0.4, 0.5) is 0 Å². The van der Waals surface area contributed by atoms with Crippen molar-refractivity contribution in [1.29, 1.82) is 0 Å². The van der Waals surface area contributed by atoms with E-state index in [1.54, 1.807) is 6.07 Å². The van der Waals surface area contributed by atoms with Gasteiger partial charge >= 0.3 is 0 Å². The van der Waals surface area contributed by atoms with Crippen LogP contribution in [-0.4, -0.2) is 10.8 Å². The van der Waals surface area contributed by atoms with Crippen LogP contribution in [0.25, 0.3) is 11.3 Å². The summed E-state index contributed by atoms with van der Waals surface area (Å²) in [5.41, 5.74) is 4.10. The second kappa shape index (κ2) is 5.71. The molecule has 0 N–H and O–H groups in total. The Morgan fingerprint density at radius 2 is 1.52 bits per heavy atom. The molecular weight excluding hydrogens is 258 g/mol. The first kappa shape index (κ1) is 13.3. The summed E-state index contributed by atoms with van der Waals surface area (Å²) in [5.74, 6) is -0.0484. The predicted octanol–water partition coefficient (Wildman–Crippen LogP) is 4.29. The summed E-state index contributed by atoms with van der Waals surface area (Å²) in [6.45, 7) is 2.00. The van der Waals surface area contributed by atoms with Crippen molar-refractivity contribution in [1.82, 2.24) is 4.98 Å². The van der Waals surface area contributed by atoms with Crippen molar-refractivity contribution in [3.63, 3.8) is 0 Å². The minimum atomic E-state index is -0.0484. The number of carbonyl (C=O) groups excluding carboxylic acids is 1. The second-order valence-electron chi connectivity index (χ2n) is 4.97. The lowest BCUT2D eigenvalue weighted by atomic mass is 10.0. The van der Waals surface area contributed by atoms with Gasteiger partial charge in [-0.15, -0.1) is 0 Å². The van der Waals surface area contributed by atoms with E-state index in [9.17, 15) is 4.79 Å². The molecule has 2 heteroatoms. The second-order valence-corrected chi connectivity index (χ2v) is 4.97. The number of carbonyl (C=O) groups is 1. The van der Waals surface area contributed by atoms with Gasteiger partial charge in [0.15, 0.2) is 0 Å². The van der Waals surface area contributed by atoms with Gasteiger partial charge in [-0.05, 0) is 19.1 Å². The molecule has 0 spiro atoms. The van der Waals surface area contributed by atoms with Crippen LogP contribution in [0.15, 0.2) is 72.8 Å². The van der Waals surface area contributed by atoms with Crippen LogP contribution in [0, 0.1) is 6.92 Å². The van der Waals surface area contributed by atoms with Crippen molar-refractivity contribution < 1.29 is 4.79 Å². The summed E-state index contributed by atoms with van der Waals surface area (Å²) in [5, 5.41) is 0.